The molecule has 0 atom stereocenters. The van der Waals surface area contributed by atoms with Crippen molar-refractivity contribution < 1.29 is 8.78 Å². The lowest BCUT2D eigenvalue weighted by atomic mass is 10.2. The second-order valence-corrected chi connectivity index (χ2v) is 1.70. The molecule has 1 aromatic carbocycles. The summed E-state index contributed by atoms with van der Waals surface area (Å²) in [5.41, 5.74) is -0.169. The molecule has 1 aromatic rings. The second kappa shape index (κ2) is 2.13. The maximum absolute atomic E-state index is 12.3. The molecule has 47 valence electrons. The normalized spacial score (nSPS) is 9.67. The van der Waals surface area contributed by atoms with E-state index < -0.39 is 11.6 Å². The Labute approximate surface area is 52.1 Å². The summed E-state index contributed by atoms with van der Waals surface area (Å²) < 4.78 is 24.6. The smallest absolute Gasteiger partial charge is 0.129 e. The average molecular weight is 127 g/mol. The van der Waals surface area contributed by atoms with Gasteiger partial charge in [0, 0.05) is 5.56 Å². The van der Waals surface area contributed by atoms with E-state index in [1.807, 2.05) is 0 Å². The van der Waals surface area contributed by atoms with E-state index in [0.717, 1.165) is 0 Å². The van der Waals surface area contributed by atoms with E-state index in [9.17, 15) is 8.78 Å². The van der Waals surface area contributed by atoms with E-state index in [1.54, 1.807) is 0 Å². The van der Waals surface area contributed by atoms with Crippen LogP contribution in [-0.2, 0) is 0 Å². The summed E-state index contributed by atoms with van der Waals surface area (Å²) in [6.45, 7) is 3.17. The number of benzene rings is 1. The first-order valence-electron chi connectivity index (χ1n) is 2.48. The molecule has 2 heteroatoms. The lowest BCUT2D eigenvalue weighted by molar-refractivity contribution is 0.575. The highest BCUT2D eigenvalue weighted by atomic mass is 19.1. The fraction of sp³-hybridized carbons (Fsp3) is 0. The van der Waals surface area contributed by atoms with Crippen LogP contribution in [0.3, 0.4) is 0 Å². The molecule has 0 spiro atoms. The number of hydrogen-bond acceptors (Lipinski definition) is 0. The zero-order valence-corrected chi connectivity index (χ0v) is 4.70. The second-order valence-electron chi connectivity index (χ2n) is 1.70. The average Bonchev–Trinajstić information content (AvgIpc) is 1.83. The van der Waals surface area contributed by atoms with Crippen molar-refractivity contribution in [2.45, 2.75) is 0 Å². The molecule has 0 aliphatic carbocycles. The van der Waals surface area contributed by atoms with Crippen LogP contribution in [0.2, 0.25) is 0 Å². The Morgan fingerprint density at radius 1 is 1.11 bits per heavy atom. The van der Waals surface area contributed by atoms with Crippen molar-refractivity contribution in [1.29, 1.82) is 0 Å². The third-order valence-electron chi connectivity index (χ3n) is 1.06. The van der Waals surface area contributed by atoms with Crippen LogP contribution in [0.25, 0.3) is 0 Å². The summed E-state index contributed by atoms with van der Waals surface area (Å²) in [5, 5.41) is 0. The van der Waals surface area contributed by atoms with Gasteiger partial charge in [-0.2, -0.15) is 0 Å². The summed E-state index contributed by atoms with van der Waals surface area (Å²) in [5.74, 6) is -1.20. The van der Waals surface area contributed by atoms with Gasteiger partial charge in [-0.05, 0) is 19.1 Å². The fourth-order valence-electron chi connectivity index (χ4n) is 0.532. The van der Waals surface area contributed by atoms with Crippen LogP contribution in [-0.4, -0.2) is 0 Å². The highest BCUT2D eigenvalue weighted by Crippen LogP contribution is 2.08. The van der Waals surface area contributed by atoms with Gasteiger partial charge in [0.25, 0.3) is 0 Å². The summed E-state index contributed by atoms with van der Waals surface area (Å²) in [6.07, 6.45) is 0. The summed E-state index contributed by atoms with van der Waals surface area (Å²) >= 11 is 0. The molecular formula is C7H5F2. The van der Waals surface area contributed by atoms with Crippen molar-refractivity contribution in [2.24, 2.45) is 0 Å². The maximum Gasteiger partial charge on any atom is 0.129 e. The quantitative estimate of drug-likeness (QED) is 0.501. The van der Waals surface area contributed by atoms with Gasteiger partial charge in [-0.25, -0.2) is 8.78 Å². The third kappa shape index (κ3) is 1.07. The first-order chi connectivity index (χ1) is 4.22. The van der Waals surface area contributed by atoms with Gasteiger partial charge in [-0.15, -0.1) is 0 Å². The molecule has 0 saturated heterocycles. The zero-order valence-electron chi connectivity index (χ0n) is 4.70. The zero-order chi connectivity index (χ0) is 6.85. The molecule has 0 amide bonds. The Morgan fingerprint density at radius 2 is 1.56 bits per heavy atom. The summed E-state index contributed by atoms with van der Waals surface area (Å²) in [6, 6.07) is 3.65. The van der Waals surface area contributed by atoms with Crippen molar-refractivity contribution in [3.8, 4) is 0 Å². The van der Waals surface area contributed by atoms with E-state index in [4.69, 9.17) is 0 Å². The standard InChI is InChI=1S/C7H5F2/c1-5-6(8)3-2-4-7(5)9/h2-4H,1H2. The van der Waals surface area contributed by atoms with E-state index in [2.05, 4.69) is 6.92 Å². The molecule has 9 heavy (non-hydrogen) atoms. The third-order valence-corrected chi connectivity index (χ3v) is 1.06. The van der Waals surface area contributed by atoms with Gasteiger partial charge in [0.15, 0.2) is 0 Å². The number of rotatable bonds is 0. The van der Waals surface area contributed by atoms with Crippen LogP contribution >= 0.6 is 0 Å². The molecule has 0 fully saturated rings. The Kier molecular flexibility index (Phi) is 1.47. The van der Waals surface area contributed by atoms with Crippen molar-refractivity contribution in [3.63, 3.8) is 0 Å². The summed E-state index contributed by atoms with van der Waals surface area (Å²) in [7, 11) is 0. The van der Waals surface area contributed by atoms with Crippen LogP contribution in [0.15, 0.2) is 18.2 Å². The Hall–Kier alpha value is -0.920. The van der Waals surface area contributed by atoms with Gasteiger partial charge in [-0.3, -0.25) is 0 Å². The Balaban J connectivity index is 3.25. The molecular weight excluding hydrogens is 122 g/mol. The monoisotopic (exact) mass is 127 g/mol. The molecule has 0 unspecified atom stereocenters. The Morgan fingerprint density at radius 3 is 1.89 bits per heavy atom. The van der Waals surface area contributed by atoms with Gasteiger partial charge >= 0.3 is 0 Å². The maximum atomic E-state index is 12.3. The molecule has 0 nitrogen and oxygen atoms in total. The molecule has 0 aliphatic heterocycles. The topological polar surface area (TPSA) is 0 Å². The highest BCUT2D eigenvalue weighted by Gasteiger charge is 1.99. The minimum atomic E-state index is -0.602. The first-order valence-corrected chi connectivity index (χ1v) is 2.48. The Bertz CT molecular complexity index is 198. The van der Waals surface area contributed by atoms with Crippen molar-refractivity contribution >= 4 is 0 Å². The van der Waals surface area contributed by atoms with E-state index >= 15 is 0 Å². The van der Waals surface area contributed by atoms with E-state index in [1.165, 1.54) is 18.2 Å². The molecule has 1 radical (unpaired) electrons. The number of halogens is 2. The van der Waals surface area contributed by atoms with Gasteiger partial charge in [0.05, 0.1) is 0 Å². The molecule has 0 aliphatic rings. The minimum Gasteiger partial charge on any atom is -0.207 e. The lowest BCUT2D eigenvalue weighted by Crippen LogP contribution is -1.85. The van der Waals surface area contributed by atoms with Crippen LogP contribution < -0.4 is 0 Å². The van der Waals surface area contributed by atoms with E-state index in [0.29, 0.717) is 0 Å². The molecule has 0 bridgehead atoms. The highest BCUT2D eigenvalue weighted by molar-refractivity contribution is 5.21. The van der Waals surface area contributed by atoms with Crippen molar-refractivity contribution in [1.82, 2.24) is 0 Å². The van der Waals surface area contributed by atoms with Crippen LogP contribution in [0.5, 0.6) is 0 Å². The van der Waals surface area contributed by atoms with Gasteiger partial charge in [-0.1, -0.05) is 6.07 Å². The van der Waals surface area contributed by atoms with Crippen LogP contribution in [0, 0.1) is 18.6 Å². The van der Waals surface area contributed by atoms with Crippen molar-refractivity contribution in [3.05, 3.63) is 42.3 Å². The van der Waals surface area contributed by atoms with Crippen molar-refractivity contribution in [2.75, 3.05) is 0 Å². The van der Waals surface area contributed by atoms with Crippen LogP contribution in [0.1, 0.15) is 5.56 Å². The molecule has 0 heterocycles. The van der Waals surface area contributed by atoms with Gasteiger partial charge in [0.2, 0.25) is 0 Å². The van der Waals surface area contributed by atoms with E-state index in [-0.39, 0.29) is 5.56 Å². The SMILES string of the molecule is [CH2]c1c(F)cccc1F. The molecule has 0 N–H and O–H groups in total. The summed E-state index contributed by atoms with van der Waals surface area (Å²) in [4.78, 5) is 0. The molecule has 0 aromatic heterocycles. The fourth-order valence-corrected chi connectivity index (χ4v) is 0.532. The minimum absolute atomic E-state index is 0.169. The first kappa shape index (κ1) is 6.20. The lowest BCUT2D eigenvalue weighted by Gasteiger charge is -1.93. The molecule has 1 rings (SSSR count). The predicted octanol–water partition coefficient (Wildman–Crippen LogP) is 2.15. The number of hydrogen-bond donors (Lipinski definition) is 0. The molecule has 0 saturated carbocycles. The van der Waals surface area contributed by atoms with Gasteiger partial charge in [0.1, 0.15) is 11.6 Å². The predicted molar refractivity (Wildman–Crippen MR) is 30.8 cm³/mol. The van der Waals surface area contributed by atoms with Gasteiger partial charge < -0.3 is 0 Å². The van der Waals surface area contributed by atoms with Crippen LogP contribution in [0.4, 0.5) is 8.78 Å². The largest absolute Gasteiger partial charge is 0.207 e.